The molecule has 0 radical (unpaired) electrons. The summed E-state index contributed by atoms with van der Waals surface area (Å²) in [6.07, 6.45) is 9.81. The van der Waals surface area contributed by atoms with Gasteiger partial charge in [-0.3, -0.25) is 0 Å². The molecule has 130 valence electrons. The van der Waals surface area contributed by atoms with E-state index < -0.39 is 18.7 Å². The van der Waals surface area contributed by atoms with Crippen LogP contribution in [0.3, 0.4) is 0 Å². The summed E-state index contributed by atoms with van der Waals surface area (Å²) in [7, 11) is 0. The van der Waals surface area contributed by atoms with Crippen LogP contribution in [0.25, 0.3) is 10.9 Å². The van der Waals surface area contributed by atoms with Crippen LogP contribution in [0.5, 0.6) is 0 Å². The zero-order chi connectivity index (χ0) is 17.4. The summed E-state index contributed by atoms with van der Waals surface area (Å²) in [5.41, 5.74) is 2.01. The molecule has 1 aromatic heterocycles. The van der Waals surface area contributed by atoms with Gasteiger partial charge in [0, 0.05) is 0 Å². The third-order valence-corrected chi connectivity index (χ3v) is 19.7. The molecule has 0 amide bonds. The molecule has 24 heavy (non-hydrogen) atoms. The second-order valence-electron chi connectivity index (χ2n) is 6.98. The Balaban J connectivity index is 2.49. The van der Waals surface area contributed by atoms with Crippen molar-refractivity contribution in [2.24, 2.45) is 0 Å². The van der Waals surface area contributed by atoms with Crippen LogP contribution >= 0.6 is 0 Å². The number of benzene rings is 1. The van der Waals surface area contributed by atoms with Crippen molar-refractivity contribution >= 4 is 29.6 Å². The monoisotopic (exact) mass is 433 g/mol. The summed E-state index contributed by atoms with van der Waals surface area (Å²) in [6, 6.07) is 8.34. The van der Waals surface area contributed by atoms with Crippen molar-refractivity contribution in [2.75, 3.05) is 0 Å². The van der Waals surface area contributed by atoms with Crippen molar-refractivity contribution in [1.82, 2.24) is 8.00 Å². The molecule has 1 heterocycles. The standard InChI is InChI=1S/C8H4N3.3C4H9.Sn/c9-4-6-1-2-8-7(3-6)5-10-11-8;3*1-3-4-2;/h1-3,5H;3*1,3-4H2,2H3;/q-1;;;;+1. The molecule has 0 saturated heterocycles. The molecule has 0 spiro atoms. The van der Waals surface area contributed by atoms with Gasteiger partial charge in [-0.2, -0.15) is 0 Å². The summed E-state index contributed by atoms with van der Waals surface area (Å²) in [5, 5.41) is 15.2. The van der Waals surface area contributed by atoms with Crippen LogP contribution in [-0.4, -0.2) is 26.7 Å². The molecule has 0 atom stereocenters. The van der Waals surface area contributed by atoms with E-state index in [2.05, 4.69) is 35.8 Å². The predicted octanol–water partition coefficient (Wildman–Crippen LogP) is 6.10. The summed E-state index contributed by atoms with van der Waals surface area (Å²) in [6.45, 7) is 6.91. The summed E-state index contributed by atoms with van der Waals surface area (Å²) >= 11 is -2.56. The summed E-state index contributed by atoms with van der Waals surface area (Å²) < 4.78 is 6.72. The molecule has 0 aliphatic carbocycles. The maximum absolute atomic E-state index is 9.15. The number of rotatable bonds is 10. The van der Waals surface area contributed by atoms with Crippen molar-refractivity contribution in [2.45, 2.75) is 72.6 Å². The van der Waals surface area contributed by atoms with Gasteiger partial charge in [0.1, 0.15) is 0 Å². The predicted molar refractivity (Wildman–Crippen MR) is 105 cm³/mol. The van der Waals surface area contributed by atoms with E-state index >= 15 is 0 Å². The second kappa shape index (κ2) is 9.46. The van der Waals surface area contributed by atoms with Crippen LogP contribution < -0.4 is 0 Å². The molecule has 2 rings (SSSR count). The number of fused-ring (bicyclic) bond motifs is 1. The molecule has 4 heteroatoms. The van der Waals surface area contributed by atoms with Crippen LogP contribution in [0.15, 0.2) is 24.4 Å². The van der Waals surface area contributed by atoms with E-state index in [0.29, 0.717) is 0 Å². The van der Waals surface area contributed by atoms with Crippen LogP contribution in [0.2, 0.25) is 13.3 Å². The van der Waals surface area contributed by atoms with Gasteiger partial charge in [0.25, 0.3) is 0 Å². The minimum atomic E-state index is -2.56. The van der Waals surface area contributed by atoms with Gasteiger partial charge in [-0.25, -0.2) is 0 Å². The van der Waals surface area contributed by atoms with Gasteiger partial charge in [-0.1, -0.05) is 0 Å². The summed E-state index contributed by atoms with van der Waals surface area (Å²) in [5.74, 6) is 0. The zero-order valence-corrected chi connectivity index (χ0v) is 18.4. The van der Waals surface area contributed by atoms with Gasteiger partial charge in [0.05, 0.1) is 0 Å². The molecular formula is C20H31N3Sn. The SMILES string of the molecule is CCC[CH2][Sn]([CH2]CCC)([CH2]CCC)[n]1ncc2cc(C#N)ccc21. The maximum atomic E-state index is 9.15. The Kier molecular flexibility index (Phi) is 7.61. The van der Waals surface area contributed by atoms with Gasteiger partial charge < -0.3 is 0 Å². The average Bonchev–Trinajstić information content (AvgIpc) is 3.05. The van der Waals surface area contributed by atoms with Crippen LogP contribution in [0, 0.1) is 11.3 Å². The van der Waals surface area contributed by atoms with E-state index in [0.717, 1.165) is 10.9 Å². The number of unbranched alkanes of at least 4 members (excludes halogenated alkanes) is 3. The van der Waals surface area contributed by atoms with E-state index in [-0.39, 0.29) is 0 Å². The third-order valence-electron chi connectivity index (χ3n) is 5.13. The summed E-state index contributed by atoms with van der Waals surface area (Å²) in [4.78, 5) is 0. The van der Waals surface area contributed by atoms with E-state index in [1.165, 1.54) is 57.4 Å². The van der Waals surface area contributed by atoms with Crippen molar-refractivity contribution in [3.05, 3.63) is 30.0 Å². The molecule has 0 unspecified atom stereocenters. The molecule has 0 fully saturated rings. The van der Waals surface area contributed by atoms with Gasteiger partial charge in [0.2, 0.25) is 0 Å². The second-order valence-corrected chi connectivity index (χ2v) is 19.5. The van der Waals surface area contributed by atoms with Crippen LogP contribution in [-0.2, 0) is 0 Å². The molecule has 2 aromatic rings. The normalized spacial score (nSPS) is 11.8. The Morgan fingerprint density at radius 1 is 1.00 bits per heavy atom. The first-order chi connectivity index (χ1) is 11.7. The Bertz CT molecular complexity index is 662. The molecule has 0 N–H and O–H groups in total. The fourth-order valence-electron chi connectivity index (χ4n) is 3.69. The molecule has 0 aliphatic heterocycles. The van der Waals surface area contributed by atoms with Gasteiger partial charge in [-0.15, -0.1) is 0 Å². The molecular weight excluding hydrogens is 401 g/mol. The number of hydrogen-bond acceptors (Lipinski definition) is 2. The van der Waals surface area contributed by atoms with Crippen molar-refractivity contribution in [1.29, 1.82) is 5.26 Å². The van der Waals surface area contributed by atoms with Crippen molar-refractivity contribution in [3.8, 4) is 6.07 Å². The van der Waals surface area contributed by atoms with Gasteiger partial charge >= 0.3 is 151 Å². The number of hydrogen-bond donors (Lipinski definition) is 0. The van der Waals surface area contributed by atoms with Gasteiger partial charge in [-0.05, 0) is 0 Å². The van der Waals surface area contributed by atoms with Crippen molar-refractivity contribution in [3.63, 3.8) is 0 Å². The Labute approximate surface area is 151 Å². The Morgan fingerprint density at radius 3 is 2.08 bits per heavy atom. The fourth-order valence-corrected chi connectivity index (χ4v) is 19.2. The van der Waals surface area contributed by atoms with E-state index in [9.17, 15) is 0 Å². The molecule has 0 saturated carbocycles. The van der Waals surface area contributed by atoms with E-state index in [1.807, 2.05) is 18.3 Å². The number of nitrogens with zero attached hydrogens (tertiary/aromatic N) is 3. The number of nitriles is 1. The topological polar surface area (TPSA) is 41.6 Å². The van der Waals surface area contributed by atoms with Crippen molar-refractivity contribution < 1.29 is 0 Å². The van der Waals surface area contributed by atoms with Crippen LogP contribution in [0.4, 0.5) is 0 Å². The molecule has 0 bridgehead atoms. The van der Waals surface area contributed by atoms with Crippen LogP contribution in [0.1, 0.15) is 64.9 Å². The average molecular weight is 432 g/mol. The Hall–Kier alpha value is -1.02. The molecule has 0 aliphatic rings. The zero-order valence-electron chi connectivity index (χ0n) is 15.5. The number of aromatic nitrogens is 2. The first kappa shape index (κ1) is 19.3. The third kappa shape index (κ3) is 4.33. The first-order valence-electron chi connectivity index (χ1n) is 9.59. The molecule has 1 aromatic carbocycles. The molecule has 3 nitrogen and oxygen atoms in total. The van der Waals surface area contributed by atoms with Gasteiger partial charge in [0.15, 0.2) is 0 Å². The first-order valence-corrected chi connectivity index (χ1v) is 16.9. The Morgan fingerprint density at radius 2 is 1.58 bits per heavy atom. The fraction of sp³-hybridized carbons (Fsp3) is 0.600. The quantitative estimate of drug-likeness (QED) is 0.426. The van der Waals surface area contributed by atoms with E-state index in [1.54, 1.807) is 0 Å². The minimum absolute atomic E-state index is 0.735. The van der Waals surface area contributed by atoms with E-state index in [4.69, 9.17) is 10.4 Å².